The number of nitrogens with one attached hydrogen (secondary N) is 1. The Morgan fingerprint density at radius 3 is 2.16 bits per heavy atom. The van der Waals surface area contributed by atoms with Gasteiger partial charge in [0, 0.05) is 18.6 Å². The van der Waals surface area contributed by atoms with Crippen molar-refractivity contribution in [2.24, 2.45) is 5.73 Å². The van der Waals surface area contributed by atoms with Crippen LogP contribution in [0.1, 0.15) is 45.2 Å². The number of amides is 1. The summed E-state index contributed by atoms with van der Waals surface area (Å²) in [6.07, 6.45) is 0.874. The van der Waals surface area contributed by atoms with Crippen LogP contribution in [0.15, 0.2) is 60.7 Å². The third-order valence-electron chi connectivity index (χ3n) is 5.05. The molecule has 1 amide bonds. The Balaban J connectivity index is 2.01. The minimum atomic E-state index is -0.811. The van der Waals surface area contributed by atoms with Gasteiger partial charge in [-0.3, -0.25) is 5.43 Å². The van der Waals surface area contributed by atoms with Crippen LogP contribution in [-0.2, 0) is 17.6 Å². The summed E-state index contributed by atoms with van der Waals surface area (Å²) in [4.78, 5) is 12.4. The van der Waals surface area contributed by atoms with Crippen LogP contribution in [0, 0.1) is 0 Å². The topological polar surface area (TPSA) is 87.8 Å². The molecule has 2 rings (SSSR count). The summed E-state index contributed by atoms with van der Waals surface area (Å²) in [5.41, 5.74) is 10.8. The van der Waals surface area contributed by atoms with E-state index < -0.39 is 23.8 Å². The fourth-order valence-corrected chi connectivity index (χ4v) is 3.29. The van der Waals surface area contributed by atoms with E-state index in [2.05, 4.69) is 17.6 Å². The summed E-state index contributed by atoms with van der Waals surface area (Å²) < 4.78 is 5.41. The van der Waals surface area contributed by atoms with Crippen molar-refractivity contribution in [3.8, 4) is 0 Å². The van der Waals surface area contributed by atoms with E-state index in [1.165, 1.54) is 5.56 Å². The number of aliphatic hydroxyl groups excluding tert-OH is 1. The van der Waals surface area contributed by atoms with Crippen LogP contribution < -0.4 is 11.2 Å². The molecule has 0 radical (unpaired) electrons. The van der Waals surface area contributed by atoms with Gasteiger partial charge in [0.15, 0.2) is 0 Å². The number of aliphatic hydroxyl groups is 1. The number of ether oxygens (including phenoxy) is 1. The van der Waals surface area contributed by atoms with Gasteiger partial charge in [0.25, 0.3) is 0 Å². The van der Waals surface area contributed by atoms with E-state index in [4.69, 9.17) is 10.5 Å². The number of nitrogens with zero attached hydrogens (tertiary/aromatic N) is 1. The lowest BCUT2D eigenvalue weighted by atomic mass is 10.0. The summed E-state index contributed by atoms with van der Waals surface area (Å²) in [5.74, 6) is 0. The monoisotopic (exact) mass is 427 g/mol. The Morgan fingerprint density at radius 1 is 1.06 bits per heavy atom. The number of hydrazine groups is 1. The molecule has 0 fully saturated rings. The van der Waals surface area contributed by atoms with Crippen LogP contribution in [0.3, 0.4) is 0 Å². The van der Waals surface area contributed by atoms with Crippen molar-refractivity contribution in [3.63, 3.8) is 0 Å². The summed E-state index contributed by atoms with van der Waals surface area (Å²) in [7, 11) is 0. The molecular formula is C25H37N3O3. The van der Waals surface area contributed by atoms with Gasteiger partial charge in [-0.2, -0.15) is 0 Å². The Labute approximate surface area is 186 Å². The average Bonchev–Trinajstić information content (AvgIpc) is 2.71. The zero-order valence-electron chi connectivity index (χ0n) is 19.1. The standard InChI is InChI=1S/C25H37N3O3/c1-19(15-16-20-11-7-5-8-12-20)28(27-24(30)31-25(2,3)4)18-23(29)22(26)17-21-13-9-6-10-14-21/h5-14,19,22-23,29H,15-18,26H2,1-4H3,(H,27,30)/t19?,22-,23+/m0/s1. The second-order valence-electron chi connectivity index (χ2n) is 9.06. The molecule has 6 heteroatoms. The van der Waals surface area contributed by atoms with Crippen LogP contribution >= 0.6 is 0 Å². The lowest BCUT2D eigenvalue weighted by Crippen LogP contribution is -2.55. The van der Waals surface area contributed by atoms with Crippen LogP contribution in [0.4, 0.5) is 4.79 Å². The van der Waals surface area contributed by atoms with Gasteiger partial charge < -0.3 is 15.6 Å². The second-order valence-corrected chi connectivity index (χ2v) is 9.06. The van der Waals surface area contributed by atoms with Gasteiger partial charge in [0.05, 0.1) is 6.10 Å². The Morgan fingerprint density at radius 2 is 1.61 bits per heavy atom. The van der Waals surface area contributed by atoms with Crippen LogP contribution in [0.25, 0.3) is 0 Å². The van der Waals surface area contributed by atoms with Gasteiger partial charge >= 0.3 is 6.09 Å². The second kappa shape index (κ2) is 11.8. The molecule has 31 heavy (non-hydrogen) atoms. The average molecular weight is 428 g/mol. The highest BCUT2D eigenvalue weighted by Crippen LogP contribution is 2.13. The predicted octanol–water partition coefficient (Wildman–Crippen LogP) is 3.68. The summed E-state index contributed by atoms with van der Waals surface area (Å²) >= 11 is 0. The van der Waals surface area contributed by atoms with Crippen molar-refractivity contribution in [2.75, 3.05) is 6.54 Å². The van der Waals surface area contributed by atoms with E-state index in [0.717, 1.165) is 18.4 Å². The third kappa shape index (κ3) is 9.51. The molecule has 0 aliphatic carbocycles. The minimum absolute atomic E-state index is 0.0219. The summed E-state index contributed by atoms with van der Waals surface area (Å²) in [6.45, 7) is 7.69. The highest BCUT2D eigenvalue weighted by Gasteiger charge is 2.25. The molecule has 0 saturated carbocycles. The number of hydrogen-bond acceptors (Lipinski definition) is 5. The highest BCUT2D eigenvalue weighted by atomic mass is 16.6. The summed E-state index contributed by atoms with van der Waals surface area (Å²) in [6, 6.07) is 19.6. The zero-order valence-corrected chi connectivity index (χ0v) is 19.1. The van der Waals surface area contributed by atoms with E-state index in [-0.39, 0.29) is 12.6 Å². The van der Waals surface area contributed by atoms with E-state index in [9.17, 15) is 9.90 Å². The zero-order chi connectivity index (χ0) is 22.9. The SMILES string of the molecule is CC(CCc1ccccc1)N(C[C@@H](O)[C@@H](N)Cc1ccccc1)NC(=O)OC(C)(C)C. The predicted molar refractivity (Wildman–Crippen MR) is 124 cm³/mol. The maximum Gasteiger partial charge on any atom is 0.422 e. The number of benzene rings is 2. The molecule has 0 saturated heterocycles. The van der Waals surface area contributed by atoms with E-state index in [1.807, 2.05) is 76.2 Å². The molecule has 4 N–H and O–H groups in total. The first-order valence-corrected chi connectivity index (χ1v) is 10.9. The fraction of sp³-hybridized carbons (Fsp3) is 0.480. The van der Waals surface area contributed by atoms with E-state index in [0.29, 0.717) is 6.42 Å². The van der Waals surface area contributed by atoms with Crippen LogP contribution in [0.2, 0.25) is 0 Å². The molecule has 0 spiro atoms. The number of nitrogens with two attached hydrogens (primary N) is 1. The Kier molecular flexibility index (Phi) is 9.49. The van der Waals surface area contributed by atoms with Crippen molar-refractivity contribution in [2.45, 2.75) is 70.7 Å². The lowest BCUT2D eigenvalue weighted by Gasteiger charge is -2.33. The third-order valence-corrected chi connectivity index (χ3v) is 5.05. The number of aryl methyl sites for hydroxylation is 1. The highest BCUT2D eigenvalue weighted by molar-refractivity contribution is 5.67. The Hall–Kier alpha value is -2.41. The van der Waals surface area contributed by atoms with Gasteiger partial charge in [-0.15, -0.1) is 0 Å². The first kappa shape index (κ1) is 24.9. The maximum atomic E-state index is 12.4. The molecule has 0 aromatic heterocycles. The molecule has 170 valence electrons. The molecule has 2 aromatic carbocycles. The minimum Gasteiger partial charge on any atom is -0.443 e. The van der Waals surface area contributed by atoms with Gasteiger partial charge in [0.2, 0.25) is 0 Å². The first-order valence-electron chi connectivity index (χ1n) is 10.9. The van der Waals surface area contributed by atoms with Crippen molar-refractivity contribution in [1.82, 2.24) is 10.4 Å². The molecule has 6 nitrogen and oxygen atoms in total. The van der Waals surface area contributed by atoms with Crippen molar-refractivity contribution >= 4 is 6.09 Å². The molecule has 2 aromatic rings. The van der Waals surface area contributed by atoms with E-state index in [1.54, 1.807) is 5.01 Å². The quantitative estimate of drug-likeness (QED) is 0.504. The lowest BCUT2D eigenvalue weighted by molar-refractivity contribution is 0.00649. The van der Waals surface area contributed by atoms with Gasteiger partial charge in [-0.1, -0.05) is 60.7 Å². The van der Waals surface area contributed by atoms with E-state index >= 15 is 0 Å². The maximum absolute atomic E-state index is 12.4. The molecule has 3 atom stereocenters. The molecule has 0 aliphatic rings. The van der Waals surface area contributed by atoms with Gasteiger partial charge in [-0.25, -0.2) is 9.80 Å². The smallest absolute Gasteiger partial charge is 0.422 e. The van der Waals surface area contributed by atoms with Gasteiger partial charge in [0.1, 0.15) is 5.60 Å². The van der Waals surface area contributed by atoms with Crippen LogP contribution in [-0.4, -0.2) is 46.5 Å². The fourth-order valence-electron chi connectivity index (χ4n) is 3.29. The van der Waals surface area contributed by atoms with Crippen molar-refractivity contribution < 1.29 is 14.6 Å². The number of hydrogen-bond donors (Lipinski definition) is 3. The van der Waals surface area contributed by atoms with Crippen LogP contribution in [0.5, 0.6) is 0 Å². The first-order chi connectivity index (χ1) is 14.6. The molecular weight excluding hydrogens is 390 g/mol. The van der Waals surface area contributed by atoms with Crippen molar-refractivity contribution in [3.05, 3.63) is 71.8 Å². The molecule has 0 aliphatic heterocycles. The Bertz CT molecular complexity index is 778. The largest absolute Gasteiger partial charge is 0.443 e. The molecule has 0 bridgehead atoms. The number of carbonyl (C=O) groups is 1. The van der Waals surface area contributed by atoms with Gasteiger partial charge in [-0.05, 0) is 58.1 Å². The number of carbonyl (C=O) groups excluding carboxylic acids is 1. The summed E-state index contributed by atoms with van der Waals surface area (Å²) in [5, 5.41) is 12.5. The molecule has 0 heterocycles. The number of rotatable bonds is 10. The normalized spacial score (nSPS) is 14.7. The van der Waals surface area contributed by atoms with Crippen molar-refractivity contribution in [1.29, 1.82) is 0 Å². The molecule has 1 unspecified atom stereocenters.